The number of halogens is 1. The van der Waals surface area contributed by atoms with Gasteiger partial charge in [0, 0.05) is 6.20 Å². The van der Waals surface area contributed by atoms with Crippen molar-refractivity contribution in [3.8, 4) is 6.07 Å². The molecule has 3 rings (SSSR count). The van der Waals surface area contributed by atoms with E-state index in [9.17, 15) is 15.5 Å². The first-order valence-electron chi connectivity index (χ1n) is 6.55. The second-order valence-corrected chi connectivity index (χ2v) is 5.41. The van der Waals surface area contributed by atoms with Crippen LogP contribution in [-0.2, 0) is 4.74 Å². The Morgan fingerprint density at radius 2 is 2.14 bits per heavy atom. The van der Waals surface area contributed by atoms with Crippen LogP contribution >= 0.6 is 11.6 Å². The van der Waals surface area contributed by atoms with E-state index in [4.69, 9.17) is 21.4 Å². The van der Waals surface area contributed by atoms with Crippen LogP contribution in [0.2, 0.25) is 5.15 Å². The fourth-order valence-corrected chi connectivity index (χ4v) is 2.90. The van der Waals surface area contributed by atoms with Gasteiger partial charge in [0.15, 0.2) is 6.23 Å². The molecule has 3 N–H and O–H groups in total. The monoisotopic (exact) mass is 324 g/mol. The Labute approximate surface area is 130 Å². The number of hydrogen-bond acceptors (Lipinski definition) is 7. The van der Waals surface area contributed by atoms with Crippen LogP contribution < -0.4 is 0 Å². The van der Waals surface area contributed by atoms with Gasteiger partial charge in [-0.1, -0.05) is 11.6 Å². The highest BCUT2D eigenvalue weighted by Crippen LogP contribution is 2.34. The smallest absolute Gasteiger partial charge is 0.164 e. The van der Waals surface area contributed by atoms with Crippen molar-refractivity contribution in [1.82, 2.24) is 14.5 Å². The zero-order valence-electron chi connectivity index (χ0n) is 11.5. The van der Waals surface area contributed by atoms with Gasteiger partial charge in [-0.05, 0) is 6.92 Å². The van der Waals surface area contributed by atoms with Gasteiger partial charge in [0.1, 0.15) is 41.0 Å². The maximum atomic E-state index is 10.1. The molecule has 0 saturated carbocycles. The van der Waals surface area contributed by atoms with E-state index in [0.717, 1.165) is 0 Å². The zero-order valence-corrected chi connectivity index (χ0v) is 12.3. The zero-order chi connectivity index (χ0) is 16.0. The minimum absolute atomic E-state index is 0.129. The van der Waals surface area contributed by atoms with Crippen molar-refractivity contribution < 1.29 is 20.1 Å². The minimum Gasteiger partial charge on any atom is -0.394 e. The SMILES string of the molecule is Cc1nc(Cl)c2c(C#N)cn([C@@H]3O[C@H](CO)[C@@H](O)[C@H]3O)c2n1. The molecule has 0 amide bonds. The number of fused-ring (bicyclic) bond motifs is 1. The predicted molar refractivity (Wildman–Crippen MR) is 75.0 cm³/mol. The molecule has 0 aliphatic carbocycles. The number of nitrogens with zero attached hydrogens (tertiary/aromatic N) is 4. The van der Waals surface area contributed by atoms with Gasteiger partial charge in [0.2, 0.25) is 0 Å². The number of ether oxygens (including phenoxy) is 1. The molecule has 22 heavy (non-hydrogen) atoms. The largest absolute Gasteiger partial charge is 0.394 e. The van der Waals surface area contributed by atoms with Gasteiger partial charge in [0.05, 0.1) is 17.6 Å². The van der Waals surface area contributed by atoms with Gasteiger partial charge in [-0.15, -0.1) is 0 Å². The number of hydrogen-bond donors (Lipinski definition) is 3. The lowest BCUT2D eigenvalue weighted by Crippen LogP contribution is -2.33. The first kappa shape index (κ1) is 15.1. The highest BCUT2D eigenvalue weighted by Gasteiger charge is 2.44. The quantitative estimate of drug-likeness (QED) is 0.657. The van der Waals surface area contributed by atoms with Crippen molar-refractivity contribution in [3.05, 3.63) is 22.7 Å². The summed E-state index contributed by atoms with van der Waals surface area (Å²) in [5.41, 5.74) is 0.557. The highest BCUT2D eigenvalue weighted by atomic mass is 35.5. The van der Waals surface area contributed by atoms with Crippen LogP contribution in [0.3, 0.4) is 0 Å². The first-order chi connectivity index (χ1) is 10.5. The normalized spacial score (nSPS) is 28.2. The van der Waals surface area contributed by atoms with Crippen LogP contribution in [0.1, 0.15) is 17.6 Å². The average molecular weight is 325 g/mol. The summed E-state index contributed by atoms with van der Waals surface area (Å²) in [6.45, 7) is 1.21. The standard InChI is InChI=1S/C13H13ClN4O4/c1-5-16-11(14)8-6(2-15)3-18(12(8)17-5)13-10(21)9(20)7(4-19)22-13/h3,7,9-10,13,19-21H,4H2,1H3/t7-,9-,10-,13-/m1/s1. The van der Waals surface area contributed by atoms with Gasteiger partial charge in [-0.3, -0.25) is 0 Å². The molecular weight excluding hydrogens is 312 g/mol. The third kappa shape index (κ3) is 2.15. The van der Waals surface area contributed by atoms with Crippen molar-refractivity contribution in [2.45, 2.75) is 31.5 Å². The van der Waals surface area contributed by atoms with Crippen molar-refractivity contribution >= 4 is 22.6 Å². The van der Waals surface area contributed by atoms with E-state index in [2.05, 4.69) is 9.97 Å². The summed E-state index contributed by atoms with van der Waals surface area (Å²) < 4.78 is 6.90. The van der Waals surface area contributed by atoms with Crippen molar-refractivity contribution in [1.29, 1.82) is 5.26 Å². The van der Waals surface area contributed by atoms with E-state index in [1.165, 1.54) is 10.8 Å². The van der Waals surface area contributed by atoms with E-state index in [1.807, 2.05) is 6.07 Å². The molecule has 2 aromatic heterocycles. The van der Waals surface area contributed by atoms with Crippen LogP contribution in [0.5, 0.6) is 0 Å². The lowest BCUT2D eigenvalue weighted by molar-refractivity contribution is -0.0508. The van der Waals surface area contributed by atoms with E-state index in [0.29, 0.717) is 16.9 Å². The minimum atomic E-state index is -1.27. The van der Waals surface area contributed by atoms with Gasteiger partial charge in [-0.2, -0.15) is 5.26 Å². The summed E-state index contributed by atoms with van der Waals surface area (Å²) in [6.07, 6.45) is -2.97. The number of aliphatic hydroxyl groups is 3. The number of aromatic nitrogens is 3. The third-order valence-electron chi connectivity index (χ3n) is 3.65. The van der Waals surface area contributed by atoms with Crippen LogP contribution in [0.4, 0.5) is 0 Å². The maximum absolute atomic E-state index is 10.1. The Hall–Kier alpha value is -1.76. The summed E-state index contributed by atoms with van der Waals surface area (Å²) in [6, 6.07) is 1.99. The summed E-state index contributed by atoms with van der Waals surface area (Å²) in [5.74, 6) is 0.396. The molecule has 9 heteroatoms. The summed E-state index contributed by atoms with van der Waals surface area (Å²) in [5, 5.41) is 38.9. The Kier molecular flexibility index (Phi) is 3.76. The number of aryl methyl sites for hydroxylation is 1. The number of rotatable bonds is 2. The second-order valence-electron chi connectivity index (χ2n) is 5.05. The molecule has 0 unspecified atom stereocenters. The Morgan fingerprint density at radius 1 is 1.41 bits per heavy atom. The van der Waals surface area contributed by atoms with Gasteiger partial charge < -0.3 is 24.6 Å². The lowest BCUT2D eigenvalue weighted by Gasteiger charge is -2.17. The highest BCUT2D eigenvalue weighted by molar-refractivity contribution is 6.34. The van der Waals surface area contributed by atoms with Crippen LogP contribution in [0.15, 0.2) is 6.20 Å². The Balaban J connectivity index is 2.18. The molecular formula is C13H13ClN4O4. The molecule has 1 saturated heterocycles. The third-order valence-corrected chi connectivity index (χ3v) is 3.92. The Bertz CT molecular complexity index is 771. The van der Waals surface area contributed by atoms with Crippen LogP contribution in [0, 0.1) is 18.3 Å². The molecule has 0 aromatic carbocycles. The summed E-state index contributed by atoms with van der Waals surface area (Å²) in [4.78, 5) is 8.25. The van der Waals surface area contributed by atoms with E-state index in [-0.39, 0.29) is 10.7 Å². The van der Waals surface area contributed by atoms with Crippen molar-refractivity contribution in [3.63, 3.8) is 0 Å². The van der Waals surface area contributed by atoms with Gasteiger partial charge in [0.25, 0.3) is 0 Å². The molecule has 0 spiro atoms. The molecule has 3 heterocycles. The Morgan fingerprint density at radius 3 is 2.73 bits per heavy atom. The molecule has 1 fully saturated rings. The van der Waals surface area contributed by atoms with Crippen LogP contribution in [0.25, 0.3) is 11.0 Å². The predicted octanol–water partition coefficient (Wildman–Crippen LogP) is -0.124. The van der Waals surface area contributed by atoms with Crippen molar-refractivity contribution in [2.24, 2.45) is 0 Å². The number of nitriles is 1. The number of aliphatic hydroxyl groups excluding tert-OH is 3. The fraction of sp³-hybridized carbons (Fsp3) is 0.462. The molecule has 2 aromatic rings. The molecule has 116 valence electrons. The van der Waals surface area contributed by atoms with Gasteiger partial charge in [-0.25, -0.2) is 9.97 Å². The lowest BCUT2D eigenvalue weighted by atomic mass is 10.1. The second kappa shape index (κ2) is 5.46. The van der Waals surface area contributed by atoms with E-state index in [1.54, 1.807) is 6.92 Å². The first-order valence-corrected chi connectivity index (χ1v) is 6.93. The summed E-state index contributed by atoms with van der Waals surface area (Å²) in [7, 11) is 0. The maximum Gasteiger partial charge on any atom is 0.164 e. The molecule has 1 aliphatic heterocycles. The van der Waals surface area contributed by atoms with Gasteiger partial charge >= 0.3 is 0 Å². The fourth-order valence-electron chi connectivity index (χ4n) is 2.60. The molecule has 8 nitrogen and oxygen atoms in total. The summed E-state index contributed by atoms with van der Waals surface area (Å²) >= 11 is 6.08. The van der Waals surface area contributed by atoms with Crippen LogP contribution in [-0.4, -0.2) is 54.8 Å². The molecule has 0 bridgehead atoms. The van der Waals surface area contributed by atoms with Crippen molar-refractivity contribution in [2.75, 3.05) is 6.61 Å². The molecule has 4 atom stereocenters. The van der Waals surface area contributed by atoms with E-state index < -0.39 is 31.1 Å². The topological polar surface area (TPSA) is 124 Å². The molecule has 1 aliphatic rings. The molecule has 0 radical (unpaired) electrons. The average Bonchev–Trinajstić information content (AvgIpc) is 2.98. The van der Waals surface area contributed by atoms with E-state index >= 15 is 0 Å².